The molecular formula is C29H33NOS3. The molecule has 4 rings (SSSR count). The Balaban J connectivity index is 1.54. The smallest absolute Gasteiger partial charge is 0.197 e. The molecule has 0 amide bonds. The van der Waals surface area contributed by atoms with Gasteiger partial charge in [0.25, 0.3) is 0 Å². The number of ether oxygens (including phenoxy) is 1. The molecule has 5 heteroatoms. The molecular weight excluding hydrogens is 475 g/mol. The van der Waals surface area contributed by atoms with Crippen LogP contribution in [0.2, 0.25) is 0 Å². The first-order valence-corrected chi connectivity index (χ1v) is 14.6. The van der Waals surface area contributed by atoms with E-state index in [4.69, 9.17) is 9.13 Å². The zero-order valence-corrected chi connectivity index (χ0v) is 22.4. The largest absolute Gasteiger partial charge is 0.477 e. The van der Waals surface area contributed by atoms with Gasteiger partial charge in [-0.2, -0.15) is 4.40 Å². The van der Waals surface area contributed by atoms with Gasteiger partial charge >= 0.3 is 0 Å². The lowest BCUT2D eigenvalue weighted by Gasteiger charge is -2.25. The first-order chi connectivity index (χ1) is 16.6. The Morgan fingerprint density at radius 1 is 0.765 bits per heavy atom. The second-order valence-corrected chi connectivity index (χ2v) is 12.4. The van der Waals surface area contributed by atoms with Crippen LogP contribution in [-0.4, -0.2) is 16.6 Å². The van der Waals surface area contributed by atoms with Crippen molar-refractivity contribution in [2.24, 2.45) is 4.40 Å². The molecule has 0 radical (unpaired) electrons. The molecule has 0 N–H and O–H groups in total. The lowest BCUT2D eigenvalue weighted by molar-refractivity contribution is 0.139. The predicted molar refractivity (Wildman–Crippen MR) is 150 cm³/mol. The monoisotopic (exact) mass is 507 g/mol. The van der Waals surface area contributed by atoms with Crippen LogP contribution < -0.4 is 0 Å². The number of benzene rings is 3. The molecule has 178 valence electrons. The van der Waals surface area contributed by atoms with Crippen LogP contribution in [0.5, 0.6) is 0 Å². The predicted octanol–water partition coefficient (Wildman–Crippen LogP) is 9.36. The van der Waals surface area contributed by atoms with Gasteiger partial charge in [0.15, 0.2) is 5.90 Å². The van der Waals surface area contributed by atoms with Crippen LogP contribution in [0.15, 0.2) is 97.9 Å². The summed E-state index contributed by atoms with van der Waals surface area (Å²) in [4.78, 5) is 3.70. The fourth-order valence-electron chi connectivity index (χ4n) is 3.85. The summed E-state index contributed by atoms with van der Waals surface area (Å²) in [5.41, 5.74) is 2.57. The maximum atomic E-state index is 6.56. The highest BCUT2D eigenvalue weighted by Gasteiger charge is 2.22. The average molecular weight is 508 g/mol. The molecule has 1 saturated carbocycles. The highest BCUT2D eigenvalue weighted by Crippen LogP contribution is 2.39. The Morgan fingerprint density at radius 3 is 1.88 bits per heavy atom. The van der Waals surface area contributed by atoms with Gasteiger partial charge < -0.3 is 4.74 Å². The molecule has 1 fully saturated rings. The minimum atomic E-state index is 0.268. The zero-order valence-electron chi connectivity index (χ0n) is 20.0. The van der Waals surface area contributed by atoms with E-state index < -0.39 is 0 Å². The quantitative estimate of drug-likeness (QED) is 0.0945. The molecule has 3 aromatic rings. The average Bonchev–Trinajstić information content (AvgIpc) is 2.86. The van der Waals surface area contributed by atoms with Crippen molar-refractivity contribution in [3.63, 3.8) is 0 Å². The maximum Gasteiger partial charge on any atom is 0.197 e. The summed E-state index contributed by atoms with van der Waals surface area (Å²) in [6.45, 7) is 4.27. The van der Waals surface area contributed by atoms with Crippen LogP contribution in [0.3, 0.4) is 0 Å². The SMILES string of the molecule is Cc1ccc(SC(CC(=NSc2ccccc2)OC2CCCCC2)Sc2ccc(C)cc2)cc1. The lowest BCUT2D eigenvalue weighted by atomic mass is 9.98. The van der Waals surface area contributed by atoms with Gasteiger partial charge in [-0.3, -0.25) is 0 Å². The van der Waals surface area contributed by atoms with E-state index in [-0.39, 0.29) is 4.58 Å². The number of thioether (sulfide) groups is 2. The van der Waals surface area contributed by atoms with Gasteiger partial charge in [0.1, 0.15) is 6.10 Å². The van der Waals surface area contributed by atoms with E-state index in [2.05, 4.69) is 86.6 Å². The van der Waals surface area contributed by atoms with Crippen LogP contribution in [0, 0.1) is 13.8 Å². The minimum Gasteiger partial charge on any atom is -0.477 e. The molecule has 0 spiro atoms. The van der Waals surface area contributed by atoms with Crippen molar-refractivity contribution in [2.75, 3.05) is 0 Å². The second-order valence-electron chi connectivity index (χ2n) is 8.76. The standard InChI is InChI=1S/C29H33NOS3/c1-22-13-17-25(18-14-22)32-29(33-26-19-15-23(2)16-20-26)21-28(31-24-9-5-3-6-10-24)30-34-27-11-7-4-8-12-27/h4,7-8,11-20,24,29H,3,5-6,9-10,21H2,1-2H3. The molecule has 34 heavy (non-hydrogen) atoms. The third-order valence-corrected chi connectivity index (χ3v) is 9.07. The summed E-state index contributed by atoms with van der Waals surface area (Å²) >= 11 is 5.32. The van der Waals surface area contributed by atoms with Crippen molar-refractivity contribution in [1.82, 2.24) is 0 Å². The summed E-state index contributed by atoms with van der Waals surface area (Å²) in [5.74, 6) is 0.866. The van der Waals surface area contributed by atoms with Gasteiger partial charge in [-0.15, -0.1) is 23.5 Å². The molecule has 1 aliphatic rings. The molecule has 2 nitrogen and oxygen atoms in total. The Hall–Kier alpha value is -1.82. The van der Waals surface area contributed by atoms with E-state index in [0.717, 1.165) is 30.1 Å². The third kappa shape index (κ3) is 8.44. The first kappa shape index (κ1) is 25.3. The number of nitrogens with zero attached hydrogens (tertiary/aromatic N) is 1. The Bertz CT molecular complexity index is 982. The van der Waals surface area contributed by atoms with Crippen molar-refractivity contribution in [1.29, 1.82) is 0 Å². The second kappa shape index (κ2) is 13.3. The van der Waals surface area contributed by atoms with E-state index in [9.17, 15) is 0 Å². The molecule has 0 aliphatic heterocycles. The minimum absolute atomic E-state index is 0.268. The molecule has 0 unspecified atom stereocenters. The van der Waals surface area contributed by atoms with E-state index >= 15 is 0 Å². The van der Waals surface area contributed by atoms with Crippen molar-refractivity contribution in [3.05, 3.63) is 90.0 Å². The number of rotatable bonds is 9. The molecule has 0 atom stereocenters. The van der Waals surface area contributed by atoms with Crippen molar-refractivity contribution in [2.45, 2.75) is 77.7 Å². The van der Waals surface area contributed by atoms with Crippen molar-refractivity contribution >= 4 is 41.4 Å². The number of hydrogen-bond donors (Lipinski definition) is 0. The number of hydrogen-bond acceptors (Lipinski definition) is 5. The molecule has 0 aromatic heterocycles. The fourth-order valence-corrected chi connectivity index (χ4v) is 6.96. The van der Waals surface area contributed by atoms with Crippen LogP contribution in [0.1, 0.15) is 49.7 Å². The zero-order chi connectivity index (χ0) is 23.6. The Labute approximate surface area is 217 Å². The van der Waals surface area contributed by atoms with Crippen LogP contribution in [0.4, 0.5) is 0 Å². The summed E-state index contributed by atoms with van der Waals surface area (Å²) in [5, 5.41) is 0. The highest BCUT2D eigenvalue weighted by atomic mass is 32.2. The summed E-state index contributed by atoms with van der Waals surface area (Å²) in [6.07, 6.45) is 7.17. The van der Waals surface area contributed by atoms with E-state index in [1.165, 1.54) is 52.1 Å². The van der Waals surface area contributed by atoms with E-state index in [0.29, 0.717) is 6.10 Å². The summed E-state index contributed by atoms with van der Waals surface area (Å²) in [7, 11) is 0. The lowest BCUT2D eigenvalue weighted by Crippen LogP contribution is -2.22. The van der Waals surface area contributed by atoms with Crippen LogP contribution >= 0.6 is 35.5 Å². The van der Waals surface area contributed by atoms with Crippen molar-refractivity contribution in [3.8, 4) is 0 Å². The van der Waals surface area contributed by atoms with Crippen LogP contribution in [0.25, 0.3) is 0 Å². The van der Waals surface area contributed by atoms with Gasteiger partial charge in [-0.1, -0.05) is 60.0 Å². The van der Waals surface area contributed by atoms with E-state index in [1.54, 1.807) is 0 Å². The number of aryl methyl sites for hydroxylation is 2. The summed E-state index contributed by atoms with van der Waals surface area (Å²) in [6, 6.07) is 28.0. The van der Waals surface area contributed by atoms with Gasteiger partial charge in [-0.25, -0.2) is 0 Å². The molecule has 0 heterocycles. The molecule has 0 bridgehead atoms. The normalized spacial score (nSPS) is 15.0. The third-order valence-electron chi connectivity index (χ3n) is 5.77. The first-order valence-electron chi connectivity index (χ1n) is 12.1. The van der Waals surface area contributed by atoms with Gasteiger partial charge in [0.05, 0.1) is 4.58 Å². The maximum absolute atomic E-state index is 6.56. The molecule has 1 aliphatic carbocycles. The van der Waals surface area contributed by atoms with Gasteiger partial charge in [0, 0.05) is 33.1 Å². The Kier molecular flexibility index (Phi) is 9.90. The molecule has 3 aromatic carbocycles. The van der Waals surface area contributed by atoms with Gasteiger partial charge in [0.2, 0.25) is 0 Å². The van der Waals surface area contributed by atoms with Crippen molar-refractivity contribution < 1.29 is 4.74 Å². The van der Waals surface area contributed by atoms with E-state index in [1.807, 2.05) is 29.6 Å². The molecule has 0 saturated heterocycles. The topological polar surface area (TPSA) is 21.6 Å². The van der Waals surface area contributed by atoms with Gasteiger partial charge in [-0.05, 0) is 75.9 Å². The fraction of sp³-hybridized carbons (Fsp3) is 0.345. The summed E-state index contributed by atoms with van der Waals surface area (Å²) < 4.78 is 11.8. The Morgan fingerprint density at radius 2 is 1.32 bits per heavy atom. The highest BCUT2D eigenvalue weighted by molar-refractivity contribution is 8.17. The van der Waals surface area contributed by atoms with Crippen LogP contribution in [-0.2, 0) is 4.74 Å².